The van der Waals surface area contributed by atoms with Crippen molar-refractivity contribution in [1.29, 1.82) is 0 Å². The maximum Gasteiger partial charge on any atom is 0.159 e. The second-order valence-electron chi connectivity index (χ2n) is 7.12. The predicted molar refractivity (Wildman–Crippen MR) is 89.7 cm³/mol. The minimum atomic E-state index is -0.0657. The molecular formula is C19H23N3O. The first-order valence-corrected chi connectivity index (χ1v) is 8.46. The minimum Gasteiger partial charge on any atom is -0.393 e. The first-order valence-electron chi connectivity index (χ1n) is 8.46. The Kier molecular flexibility index (Phi) is 3.87. The van der Waals surface area contributed by atoms with E-state index in [0.717, 1.165) is 43.9 Å². The van der Waals surface area contributed by atoms with Gasteiger partial charge in [0.15, 0.2) is 5.82 Å². The zero-order valence-corrected chi connectivity index (χ0v) is 13.5. The zero-order valence-electron chi connectivity index (χ0n) is 13.5. The van der Waals surface area contributed by atoms with Gasteiger partial charge < -0.3 is 5.11 Å². The van der Waals surface area contributed by atoms with E-state index >= 15 is 0 Å². The van der Waals surface area contributed by atoms with Crippen molar-refractivity contribution >= 4 is 0 Å². The first kappa shape index (κ1) is 14.8. The molecular weight excluding hydrogens is 286 g/mol. The van der Waals surface area contributed by atoms with Crippen molar-refractivity contribution in [2.45, 2.75) is 32.4 Å². The van der Waals surface area contributed by atoms with Crippen LogP contribution < -0.4 is 0 Å². The predicted octanol–water partition coefficient (Wildman–Crippen LogP) is 2.65. The standard InChI is InChI=1S/C19H23N3O/c1-13-3-2-4-15(5-13)19-20-8-14(9-21-19)10-22-11-16-6-18(23)7-17(16)12-22/h2-5,8-9,16-18,23H,6-7,10-12H2,1H3/t16-,17+,18?. The number of aliphatic hydroxyl groups is 1. The number of fused-ring (bicyclic) bond motifs is 1. The molecule has 2 aliphatic rings. The van der Waals surface area contributed by atoms with Crippen LogP contribution in [0.1, 0.15) is 24.0 Å². The molecule has 0 radical (unpaired) electrons. The molecule has 1 saturated carbocycles. The summed E-state index contributed by atoms with van der Waals surface area (Å²) in [6.07, 6.45) is 5.79. The first-order chi connectivity index (χ1) is 11.2. The van der Waals surface area contributed by atoms with E-state index < -0.39 is 0 Å². The monoisotopic (exact) mass is 309 g/mol. The second kappa shape index (κ2) is 6.02. The fraction of sp³-hybridized carbons (Fsp3) is 0.474. The van der Waals surface area contributed by atoms with Gasteiger partial charge in [-0.25, -0.2) is 9.97 Å². The molecule has 3 atom stereocenters. The summed E-state index contributed by atoms with van der Waals surface area (Å²) in [6.45, 7) is 5.19. The normalized spacial score (nSPS) is 27.3. The maximum absolute atomic E-state index is 9.73. The van der Waals surface area contributed by atoms with Crippen molar-refractivity contribution < 1.29 is 5.11 Å². The molecule has 1 N–H and O–H groups in total. The van der Waals surface area contributed by atoms with Gasteiger partial charge in [0.2, 0.25) is 0 Å². The Bertz CT molecular complexity index is 671. The van der Waals surface area contributed by atoms with Gasteiger partial charge in [-0.3, -0.25) is 4.90 Å². The van der Waals surface area contributed by atoms with Gasteiger partial charge in [0.05, 0.1) is 6.10 Å². The Morgan fingerprint density at radius 1 is 1.13 bits per heavy atom. The highest BCUT2D eigenvalue weighted by atomic mass is 16.3. The van der Waals surface area contributed by atoms with Gasteiger partial charge in [0.25, 0.3) is 0 Å². The van der Waals surface area contributed by atoms with Crippen LogP contribution in [0.2, 0.25) is 0 Å². The Morgan fingerprint density at radius 3 is 2.48 bits per heavy atom. The van der Waals surface area contributed by atoms with E-state index in [1.165, 1.54) is 11.1 Å². The summed E-state index contributed by atoms with van der Waals surface area (Å²) in [5.74, 6) is 2.15. The lowest BCUT2D eigenvalue weighted by Gasteiger charge is -2.17. The fourth-order valence-corrected chi connectivity index (χ4v) is 4.12. The molecule has 2 heterocycles. The molecule has 1 aliphatic carbocycles. The lowest BCUT2D eigenvalue weighted by molar-refractivity contribution is 0.161. The molecule has 1 saturated heterocycles. The summed E-state index contributed by atoms with van der Waals surface area (Å²) < 4.78 is 0. The van der Waals surface area contributed by atoms with Crippen molar-refractivity contribution in [3.63, 3.8) is 0 Å². The molecule has 0 amide bonds. The number of benzene rings is 1. The molecule has 2 fully saturated rings. The van der Waals surface area contributed by atoms with E-state index in [9.17, 15) is 5.11 Å². The van der Waals surface area contributed by atoms with Crippen molar-refractivity contribution in [1.82, 2.24) is 14.9 Å². The van der Waals surface area contributed by atoms with Gasteiger partial charge >= 0.3 is 0 Å². The molecule has 0 spiro atoms. The van der Waals surface area contributed by atoms with E-state index in [-0.39, 0.29) is 6.10 Å². The molecule has 0 bridgehead atoms. The third-order valence-electron chi connectivity index (χ3n) is 5.19. The van der Waals surface area contributed by atoms with E-state index in [1.807, 2.05) is 18.5 Å². The molecule has 4 nitrogen and oxygen atoms in total. The highest BCUT2D eigenvalue weighted by molar-refractivity contribution is 5.55. The fourth-order valence-electron chi connectivity index (χ4n) is 4.12. The Balaban J connectivity index is 1.41. The van der Waals surface area contributed by atoms with Crippen LogP contribution in [-0.2, 0) is 6.54 Å². The number of hydrogen-bond donors (Lipinski definition) is 1. The van der Waals surface area contributed by atoms with Crippen LogP contribution in [0.25, 0.3) is 11.4 Å². The number of likely N-dealkylation sites (tertiary alicyclic amines) is 1. The van der Waals surface area contributed by atoms with Gasteiger partial charge in [-0.1, -0.05) is 23.8 Å². The van der Waals surface area contributed by atoms with E-state index in [4.69, 9.17) is 0 Å². The topological polar surface area (TPSA) is 49.2 Å². The summed E-state index contributed by atoms with van der Waals surface area (Å²) in [5.41, 5.74) is 3.46. The largest absolute Gasteiger partial charge is 0.393 e. The average molecular weight is 309 g/mol. The zero-order chi connectivity index (χ0) is 15.8. The number of aromatic nitrogens is 2. The minimum absolute atomic E-state index is 0.0657. The van der Waals surface area contributed by atoms with Crippen LogP contribution in [0.15, 0.2) is 36.7 Å². The van der Waals surface area contributed by atoms with Crippen molar-refractivity contribution in [3.05, 3.63) is 47.8 Å². The molecule has 1 aromatic heterocycles. The van der Waals surface area contributed by atoms with Crippen LogP contribution in [0.5, 0.6) is 0 Å². The number of aliphatic hydroxyl groups excluding tert-OH is 1. The van der Waals surface area contributed by atoms with E-state index in [1.54, 1.807) is 0 Å². The van der Waals surface area contributed by atoms with Crippen LogP contribution in [-0.4, -0.2) is 39.2 Å². The molecule has 1 aliphatic heterocycles. The SMILES string of the molecule is Cc1cccc(-c2ncc(CN3C[C@H]4CC(O)C[C@H]4C3)cn2)c1. The van der Waals surface area contributed by atoms with Gasteiger partial charge in [-0.15, -0.1) is 0 Å². The van der Waals surface area contributed by atoms with E-state index in [0.29, 0.717) is 11.8 Å². The Hall–Kier alpha value is -1.78. The summed E-state index contributed by atoms with van der Waals surface area (Å²) >= 11 is 0. The smallest absolute Gasteiger partial charge is 0.159 e. The molecule has 1 aromatic carbocycles. The summed E-state index contributed by atoms with van der Waals surface area (Å²) in [4.78, 5) is 11.6. The molecule has 4 rings (SSSR count). The van der Waals surface area contributed by atoms with Crippen LogP contribution in [0.3, 0.4) is 0 Å². The van der Waals surface area contributed by atoms with E-state index in [2.05, 4.69) is 40.0 Å². The third kappa shape index (κ3) is 3.14. The number of aryl methyl sites for hydroxylation is 1. The highest BCUT2D eigenvalue weighted by Crippen LogP contribution is 2.38. The van der Waals surface area contributed by atoms with Crippen LogP contribution in [0, 0.1) is 18.8 Å². The lowest BCUT2D eigenvalue weighted by atomic mass is 10.0. The van der Waals surface area contributed by atoms with Crippen molar-refractivity contribution in [3.8, 4) is 11.4 Å². The van der Waals surface area contributed by atoms with Crippen molar-refractivity contribution in [2.24, 2.45) is 11.8 Å². The lowest BCUT2D eigenvalue weighted by Crippen LogP contribution is -2.22. The van der Waals surface area contributed by atoms with Gasteiger partial charge in [-0.05, 0) is 37.7 Å². The molecule has 120 valence electrons. The third-order valence-corrected chi connectivity index (χ3v) is 5.19. The highest BCUT2D eigenvalue weighted by Gasteiger charge is 2.39. The summed E-state index contributed by atoms with van der Waals surface area (Å²) in [7, 11) is 0. The Labute approximate surface area is 137 Å². The van der Waals surface area contributed by atoms with Crippen LogP contribution in [0.4, 0.5) is 0 Å². The number of rotatable bonds is 3. The second-order valence-corrected chi connectivity index (χ2v) is 7.12. The number of hydrogen-bond acceptors (Lipinski definition) is 4. The van der Waals surface area contributed by atoms with Crippen molar-refractivity contribution in [2.75, 3.05) is 13.1 Å². The molecule has 1 unspecified atom stereocenters. The Morgan fingerprint density at radius 2 is 1.83 bits per heavy atom. The summed E-state index contributed by atoms with van der Waals surface area (Å²) in [6, 6.07) is 8.29. The molecule has 2 aromatic rings. The van der Waals surface area contributed by atoms with Gasteiger partial charge in [0.1, 0.15) is 0 Å². The average Bonchev–Trinajstić information content (AvgIpc) is 3.04. The van der Waals surface area contributed by atoms with Gasteiger partial charge in [0, 0.05) is 43.2 Å². The maximum atomic E-state index is 9.73. The molecule has 23 heavy (non-hydrogen) atoms. The summed E-state index contributed by atoms with van der Waals surface area (Å²) in [5, 5.41) is 9.73. The quantitative estimate of drug-likeness (QED) is 0.947. The number of nitrogens with zero attached hydrogens (tertiary/aromatic N) is 3. The molecule has 4 heteroatoms. The van der Waals surface area contributed by atoms with Crippen LogP contribution >= 0.6 is 0 Å². The van der Waals surface area contributed by atoms with Gasteiger partial charge in [-0.2, -0.15) is 0 Å².